The van der Waals surface area contributed by atoms with Gasteiger partial charge in [0, 0.05) is 40.7 Å². The van der Waals surface area contributed by atoms with E-state index in [1.54, 1.807) is 12.1 Å². The van der Waals surface area contributed by atoms with Crippen LogP contribution < -0.4 is 5.32 Å². The Hall–Kier alpha value is -2.15. The van der Waals surface area contributed by atoms with Gasteiger partial charge in [0.05, 0.1) is 4.92 Å². The second-order valence-corrected chi connectivity index (χ2v) is 7.04. The van der Waals surface area contributed by atoms with Crippen molar-refractivity contribution in [2.75, 3.05) is 18.1 Å². The van der Waals surface area contributed by atoms with Gasteiger partial charge in [-0.1, -0.05) is 0 Å². The Bertz CT molecular complexity index is 729. The van der Waals surface area contributed by atoms with Crippen molar-refractivity contribution in [3.8, 4) is 11.4 Å². The molecule has 2 aromatic rings. The summed E-state index contributed by atoms with van der Waals surface area (Å²) in [6, 6.07) is 8.23. The molecular formula is C16H18N4O2S. The van der Waals surface area contributed by atoms with Gasteiger partial charge in [-0.2, -0.15) is 11.8 Å². The van der Waals surface area contributed by atoms with Crippen LogP contribution >= 0.6 is 11.8 Å². The van der Waals surface area contributed by atoms with Crippen molar-refractivity contribution in [3.05, 3.63) is 46.1 Å². The van der Waals surface area contributed by atoms with Gasteiger partial charge in [0.1, 0.15) is 5.82 Å². The van der Waals surface area contributed by atoms with Crippen LogP contribution in [0.25, 0.3) is 11.4 Å². The molecular weight excluding hydrogens is 312 g/mol. The fourth-order valence-corrected chi connectivity index (χ4v) is 3.09. The average molecular weight is 330 g/mol. The first-order chi connectivity index (χ1) is 11.0. The number of nitro benzene ring substituents is 1. The molecule has 0 radical (unpaired) electrons. The number of aryl methyl sites for hydroxylation is 1. The number of benzene rings is 1. The van der Waals surface area contributed by atoms with Gasteiger partial charge in [0.25, 0.3) is 5.69 Å². The molecule has 120 valence electrons. The van der Waals surface area contributed by atoms with Gasteiger partial charge in [0.2, 0.25) is 0 Å². The number of hydrogen-bond donors (Lipinski definition) is 1. The van der Waals surface area contributed by atoms with Crippen LogP contribution in [0.5, 0.6) is 0 Å². The Balaban J connectivity index is 1.80. The lowest BCUT2D eigenvalue weighted by Gasteiger charge is -2.14. The van der Waals surface area contributed by atoms with Gasteiger partial charge in [-0.3, -0.25) is 10.1 Å². The van der Waals surface area contributed by atoms with E-state index in [4.69, 9.17) is 0 Å². The summed E-state index contributed by atoms with van der Waals surface area (Å²) in [6.07, 6.45) is 4.61. The number of non-ortho nitro benzene ring substituents is 1. The Labute approximate surface area is 138 Å². The number of nitrogens with zero attached hydrogens (tertiary/aromatic N) is 3. The first kappa shape index (κ1) is 15.7. The fraction of sp³-hybridized carbons (Fsp3) is 0.375. The highest BCUT2D eigenvalue weighted by molar-refractivity contribution is 8.00. The molecule has 3 rings (SSSR count). The molecule has 0 aliphatic heterocycles. The van der Waals surface area contributed by atoms with E-state index in [0.29, 0.717) is 10.6 Å². The van der Waals surface area contributed by atoms with Crippen LogP contribution in [0, 0.1) is 17.0 Å². The first-order valence-electron chi connectivity index (χ1n) is 7.41. The molecule has 23 heavy (non-hydrogen) atoms. The number of anilines is 1. The molecule has 1 fully saturated rings. The highest BCUT2D eigenvalue weighted by atomic mass is 32.2. The molecule has 6 nitrogen and oxygen atoms in total. The molecule has 1 N–H and O–H groups in total. The standard InChI is InChI=1S/C16H18N4O2S/c1-11-9-14(17-10-16(23-2)7-8-16)19-15(18-11)12-3-5-13(6-4-12)20(21)22/h3-6,9H,7-8,10H2,1-2H3,(H,17,18,19). The Morgan fingerprint density at radius 1 is 1.30 bits per heavy atom. The molecule has 0 spiro atoms. The van der Waals surface area contributed by atoms with Crippen molar-refractivity contribution in [1.82, 2.24) is 9.97 Å². The fourth-order valence-electron chi connectivity index (χ4n) is 2.36. The maximum absolute atomic E-state index is 10.7. The SMILES string of the molecule is CSC1(CNc2cc(C)nc(-c3ccc([N+](=O)[O-])cc3)n2)CC1. The molecule has 1 aliphatic carbocycles. The maximum Gasteiger partial charge on any atom is 0.269 e. The third kappa shape index (κ3) is 3.61. The maximum atomic E-state index is 10.7. The van der Waals surface area contributed by atoms with Crippen LogP contribution in [-0.2, 0) is 0 Å². The number of thioether (sulfide) groups is 1. The lowest BCUT2D eigenvalue weighted by atomic mass is 10.2. The smallest absolute Gasteiger partial charge is 0.269 e. The molecule has 1 saturated carbocycles. The number of hydrogen-bond acceptors (Lipinski definition) is 6. The van der Waals surface area contributed by atoms with Gasteiger partial charge in [-0.05, 0) is 38.2 Å². The summed E-state index contributed by atoms with van der Waals surface area (Å²) in [4.78, 5) is 19.3. The van der Waals surface area contributed by atoms with Crippen molar-refractivity contribution in [3.63, 3.8) is 0 Å². The Kier molecular flexibility index (Phi) is 4.21. The van der Waals surface area contributed by atoms with Gasteiger partial charge in [-0.25, -0.2) is 9.97 Å². The quantitative estimate of drug-likeness (QED) is 0.643. The lowest BCUT2D eigenvalue weighted by molar-refractivity contribution is -0.384. The summed E-state index contributed by atoms with van der Waals surface area (Å²) >= 11 is 1.90. The third-order valence-electron chi connectivity index (χ3n) is 4.02. The van der Waals surface area contributed by atoms with Crippen LogP contribution in [-0.4, -0.2) is 32.4 Å². The molecule has 1 aromatic carbocycles. The Morgan fingerprint density at radius 2 is 2.00 bits per heavy atom. The van der Waals surface area contributed by atoms with Crippen LogP contribution in [0.4, 0.5) is 11.5 Å². The van der Waals surface area contributed by atoms with Crippen molar-refractivity contribution in [2.45, 2.75) is 24.5 Å². The zero-order valence-electron chi connectivity index (χ0n) is 13.1. The predicted octanol–water partition coefficient (Wildman–Crippen LogP) is 3.67. The molecule has 7 heteroatoms. The van der Waals surface area contributed by atoms with Gasteiger partial charge in [0.15, 0.2) is 5.82 Å². The highest BCUT2D eigenvalue weighted by Crippen LogP contribution is 2.47. The number of nitro groups is 1. The van der Waals surface area contributed by atoms with E-state index in [2.05, 4.69) is 21.5 Å². The summed E-state index contributed by atoms with van der Waals surface area (Å²) < 4.78 is 0.354. The summed E-state index contributed by atoms with van der Waals surface area (Å²) in [5.41, 5.74) is 1.70. The monoisotopic (exact) mass is 330 g/mol. The summed E-state index contributed by atoms with van der Waals surface area (Å²) in [6.45, 7) is 2.81. The summed E-state index contributed by atoms with van der Waals surface area (Å²) in [7, 11) is 0. The molecule has 0 saturated heterocycles. The van der Waals surface area contributed by atoms with Gasteiger partial charge >= 0.3 is 0 Å². The van der Waals surface area contributed by atoms with E-state index >= 15 is 0 Å². The second-order valence-electron chi connectivity index (χ2n) is 5.76. The van der Waals surface area contributed by atoms with Crippen LogP contribution in [0.1, 0.15) is 18.5 Å². The van der Waals surface area contributed by atoms with E-state index in [9.17, 15) is 10.1 Å². The van der Waals surface area contributed by atoms with Gasteiger partial charge < -0.3 is 5.32 Å². The summed E-state index contributed by atoms with van der Waals surface area (Å²) in [5.74, 6) is 1.38. The largest absolute Gasteiger partial charge is 0.369 e. The van der Waals surface area contributed by atoms with Crippen LogP contribution in [0.2, 0.25) is 0 Å². The molecule has 0 unspecified atom stereocenters. The first-order valence-corrected chi connectivity index (χ1v) is 8.63. The highest BCUT2D eigenvalue weighted by Gasteiger charge is 2.41. The van der Waals surface area contributed by atoms with E-state index < -0.39 is 4.92 Å². The minimum absolute atomic E-state index is 0.0652. The van der Waals surface area contributed by atoms with Crippen molar-refractivity contribution in [1.29, 1.82) is 0 Å². The zero-order valence-corrected chi connectivity index (χ0v) is 13.9. The van der Waals surface area contributed by atoms with E-state index in [-0.39, 0.29) is 5.69 Å². The normalized spacial score (nSPS) is 15.2. The van der Waals surface area contributed by atoms with Crippen molar-refractivity contribution < 1.29 is 4.92 Å². The lowest BCUT2D eigenvalue weighted by Crippen LogP contribution is -2.18. The van der Waals surface area contributed by atoms with Gasteiger partial charge in [-0.15, -0.1) is 0 Å². The number of aromatic nitrogens is 2. The minimum atomic E-state index is -0.411. The average Bonchev–Trinajstić information content (AvgIpc) is 3.33. The molecule has 1 heterocycles. The zero-order chi connectivity index (χ0) is 16.4. The molecule has 1 aliphatic rings. The van der Waals surface area contributed by atoms with E-state index in [0.717, 1.165) is 23.6 Å². The molecule has 0 amide bonds. The molecule has 0 atom stereocenters. The topological polar surface area (TPSA) is 81.0 Å². The van der Waals surface area contributed by atoms with Crippen molar-refractivity contribution >= 4 is 23.3 Å². The predicted molar refractivity (Wildman–Crippen MR) is 92.8 cm³/mol. The molecule has 1 aromatic heterocycles. The van der Waals surface area contributed by atoms with E-state index in [1.807, 2.05) is 24.8 Å². The van der Waals surface area contributed by atoms with Crippen LogP contribution in [0.15, 0.2) is 30.3 Å². The third-order valence-corrected chi connectivity index (χ3v) is 5.44. The Morgan fingerprint density at radius 3 is 2.57 bits per heavy atom. The van der Waals surface area contributed by atoms with Crippen LogP contribution in [0.3, 0.4) is 0 Å². The second kappa shape index (κ2) is 6.16. The van der Waals surface area contributed by atoms with Crippen molar-refractivity contribution in [2.24, 2.45) is 0 Å². The number of nitrogens with one attached hydrogen (secondary N) is 1. The summed E-state index contributed by atoms with van der Waals surface area (Å²) in [5, 5.41) is 14.1. The number of rotatable bonds is 6. The van der Waals surface area contributed by atoms with E-state index in [1.165, 1.54) is 25.0 Å². The molecule has 0 bridgehead atoms. The minimum Gasteiger partial charge on any atom is -0.369 e.